The summed E-state index contributed by atoms with van der Waals surface area (Å²) >= 11 is 0. The Bertz CT molecular complexity index is 455. The van der Waals surface area contributed by atoms with Gasteiger partial charge in [-0.05, 0) is 18.6 Å². The number of hydrazine groups is 1. The molecular weight excluding hydrogens is 228 g/mol. The Morgan fingerprint density at radius 1 is 1.39 bits per heavy atom. The highest BCUT2D eigenvalue weighted by Crippen LogP contribution is 2.21. The fourth-order valence-corrected chi connectivity index (χ4v) is 1.74. The quantitative estimate of drug-likeness (QED) is 0.616. The number of para-hydroxylation sites is 1. The minimum absolute atomic E-state index is 0.0710. The van der Waals surface area contributed by atoms with Crippen molar-refractivity contribution in [3.63, 3.8) is 0 Å². The molecule has 0 saturated carbocycles. The smallest absolute Gasteiger partial charge is 0.262 e. The zero-order valence-electron chi connectivity index (χ0n) is 10.5. The van der Waals surface area contributed by atoms with Crippen LogP contribution in [-0.2, 0) is 4.79 Å². The van der Waals surface area contributed by atoms with Gasteiger partial charge < -0.3 is 4.74 Å². The predicted molar refractivity (Wildman–Crippen MR) is 71.0 cm³/mol. The number of hydrogen-bond acceptors (Lipinski definition) is 3. The van der Waals surface area contributed by atoms with Crippen LogP contribution in [0.3, 0.4) is 0 Å². The number of rotatable bonds is 5. The van der Waals surface area contributed by atoms with Crippen LogP contribution in [0.4, 0.5) is 0 Å². The van der Waals surface area contributed by atoms with E-state index in [1.165, 1.54) is 0 Å². The van der Waals surface area contributed by atoms with Crippen molar-refractivity contribution in [2.24, 2.45) is 0 Å². The molecule has 1 amide bonds. The molecular formula is C14H18N2O2. The van der Waals surface area contributed by atoms with E-state index in [1.54, 1.807) is 0 Å². The lowest BCUT2D eigenvalue weighted by molar-refractivity contribution is -0.116. The summed E-state index contributed by atoms with van der Waals surface area (Å²) in [6.07, 6.45) is 4.01. The van der Waals surface area contributed by atoms with Gasteiger partial charge in [-0.1, -0.05) is 31.5 Å². The van der Waals surface area contributed by atoms with Gasteiger partial charge in [0.1, 0.15) is 5.75 Å². The predicted octanol–water partition coefficient (Wildman–Crippen LogP) is 1.88. The second-order valence-corrected chi connectivity index (χ2v) is 4.22. The summed E-state index contributed by atoms with van der Waals surface area (Å²) in [6.45, 7) is 3.38. The molecule has 0 bridgehead atoms. The van der Waals surface area contributed by atoms with Gasteiger partial charge in [0.2, 0.25) is 0 Å². The van der Waals surface area contributed by atoms with Gasteiger partial charge in [-0.2, -0.15) is 0 Å². The standard InChI is InChI=1S/C14H18N2O2/c1-2-3-8-18-13-7-5-4-6-11(13)9-12-10-15-16-14(12)17/h4-7,9,15H,2-3,8,10H2,1H3,(H,16,17)/b12-9+. The van der Waals surface area contributed by atoms with Crippen molar-refractivity contribution in [3.05, 3.63) is 35.4 Å². The highest BCUT2D eigenvalue weighted by molar-refractivity contribution is 6.00. The number of unbranched alkanes of at least 4 members (excludes halogenated alkanes) is 1. The molecule has 2 N–H and O–H groups in total. The van der Waals surface area contributed by atoms with E-state index in [1.807, 2.05) is 30.3 Å². The first kappa shape index (κ1) is 12.6. The Balaban J connectivity index is 2.14. The van der Waals surface area contributed by atoms with Crippen molar-refractivity contribution < 1.29 is 9.53 Å². The van der Waals surface area contributed by atoms with E-state index >= 15 is 0 Å². The Hall–Kier alpha value is -1.81. The number of amides is 1. The molecule has 1 aliphatic heterocycles. The summed E-state index contributed by atoms with van der Waals surface area (Å²) in [5, 5.41) is 0. The summed E-state index contributed by atoms with van der Waals surface area (Å²) in [5.74, 6) is 0.761. The van der Waals surface area contributed by atoms with Crippen LogP contribution in [0.25, 0.3) is 6.08 Å². The zero-order chi connectivity index (χ0) is 12.8. The van der Waals surface area contributed by atoms with E-state index in [9.17, 15) is 4.79 Å². The second kappa shape index (κ2) is 6.21. The van der Waals surface area contributed by atoms with E-state index in [2.05, 4.69) is 17.8 Å². The lowest BCUT2D eigenvalue weighted by atomic mass is 10.1. The molecule has 4 heteroatoms. The maximum absolute atomic E-state index is 11.5. The summed E-state index contributed by atoms with van der Waals surface area (Å²) in [6, 6.07) is 7.78. The van der Waals surface area contributed by atoms with Crippen LogP contribution >= 0.6 is 0 Å². The van der Waals surface area contributed by atoms with Gasteiger partial charge in [-0.15, -0.1) is 0 Å². The third kappa shape index (κ3) is 3.11. The summed E-state index contributed by atoms with van der Waals surface area (Å²) in [5.41, 5.74) is 7.04. The van der Waals surface area contributed by atoms with Gasteiger partial charge in [0.05, 0.1) is 6.61 Å². The largest absolute Gasteiger partial charge is 0.493 e. The normalized spacial score (nSPS) is 16.9. The third-order valence-corrected chi connectivity index (χ3v) is 2.78. The zero-order valence-corrected chi connectivity index (χ0v) is 10.5. The van der Waals surface area contributed by atoms with Crippen molar-refractivity contribution in [3.8, 4) is 5.75 Å². The topological polar surface area (TPSA) is 50.4 Å². The molecule has 1 aromatic carbocycles. The Labute approximate surface area is 107 Å². The van der Waals surface area contributed by atoms with Gasteiger partial charge in [-0.25, -0.2) is 5.43 Å². The minimum atomic E-state index is -0.0710. The summed E-state index contributed by atoms with van der Waals surface area (Å²) < 4.78 is 5.73. The molecule has 1 aromatic rings. The van der Waals surface area contributed by atoms with E-state index in [0.717, 1.165) is 29.7 Å². The van der Waals surface area contributed by atoms with Gasteiger partial charge in [0.15, 0.2) is 0 Å². The van der Waals surface area contributed by atoms with Crippen LogP contribution in [0.2, 0.25) is 0 Å². The van der Waals surface area contributed by atoms with Gasteiger partial charge in [-0.3, -0.25) is 10.2 Å². The molecule has 0 aromatic heterocycles. The molecule has 4 nitrogen and oxygen atoms in total. The van der Waals surface area contributed by atoms with Gasteiger partial charge >= 0.3 is 0 Å². The maximum atomic E-state index is 11.5. The first-order chi connectivity index (χ1) is 8.81. The fraction of sp³-hybridized carbons (Fsp3) is 0.357. The van der Waals surface area contributed by atoms with Crippen molar-refractivity contribution in [1.29, 1.82) is 0 Å². The van der Waals surface area contributed by atoms with Gasteiger partial charge in [0.25, 0.3) is 5.91 Å². The van der Waals surface area contributed by atoms with Crippen LogP contribution in [0, 0.1) is 0 Å². The van der Waals surface area contributed by atoms with Crippen LogP contribution in [0.5, 0.6) is 5.75 Å². The van der Waals surface area contributed by atoms with Crippen LogP contribution in [0.1, 0.15) is 25.3 Å². The van der Waals surface area contributed by atoms with Crippen molar-refractivity contribution >= 4 is 12.0 Å². The second-order valence-electron chi connectivity index (χ2n) is 4.22. The van der Waals surface area contributed by atoms with E-state index in [0.29, 0.717) is 13.2 Å². The van der Waals surface area contributed by atoms with Crippen molar-refractivity contribution in [2.45, 2.75) is 19.8 Å². The van der Waals surface area contributed by atoms with E-state index in [-0.39, 0.29) is 5.91 Å². The average molecular weight is 246 g/mol. The molecule has 2 rings (SSSR count). The Morgan fingerprint density at radius 3 is 2.94 bits per heavy atom. The summed E-state index contributed by atoms with van der Waals surface area (Å²) in [7, 11) is 0. The number of ether oxygens (including phenoxy) is 1. The molecule has 18 heavy (non-hydrogen) atoms. The highest BCUT2D eigenvalue weighted by Gasteiger charge is 2.16. The molecule has 0 atom stereocenters. The molecule has 1 fully saturated rings. The molecule has 0 spiro atoms. The first-order valence-electron chi connectivity index (χ1n) is 6.27. The SMILES string of the molecule is CCCCOc1ccccc1/C=C1\CNNC1=O. The number of nitrogens with one attached hydrogen (secondary N) is 2. The molecule has 0 aliphatic carbocycles. The Morgan fingerprint density at radius 2 is 2.22 bits per heavy atom. The van der Waals surface area contributed by atoms with Crippen molar-refractivity contribution in [1.82, 2.24) is 10.9 Å². The van der Waals surface area contributed by atoms with Gasteiger partial charge in [0, 0.05) is 17.7 Å². The first-order valence-corrected chi connectivity index (χ1v) is 6.27. The Kier molecular flexibility index (Phi) is 4.36. The van der Waals surface area contributed by atoms with E-state index in [4.69, 9.17) is 4.74 Å². The molecule has 1 aliphatic rings. The third-order valence-electron chi connectivity index (χ3n) is 2.78. The molecule has 1 saturated heterocycles. The van der Waals surface area contributed by atoms with Crippen LogP contribution in [0.15, 0.2) is 29.8 Å². The van der Waals surface area contributed by atoms with Crippen LogP contribution in [-0.4, -0.2) is 19.1 Å². The highest BCUT2D eigenvalue weighted by atomic mass is 16.5. The summed E-state index contributed by atoms with van der Waals surface area (Å²) in [4.78, 5) is 11.5. The molecule has 96 valence electrons. The number of carbonyl (C=O) groups is 1. The number of carbonyl (C=O) groups excluding carboxylic acids is 1. The molecule has 1 heterocycles. The lowest BCUT2D eigenvalue weighted by Gasteiger charge is -2.08. The molecule has 0 radical (unpaired) electrons. The lowest BCUT2D eigenvalue weighted by Crippen LogP contribution is -2.25. The van der Waals surface area contributed by atoms with E-state index < -0.39 is 0 Å². The van der Waals surface area contributed by atoms with Crippen molar-refractivity contribution in [2.75, 3.05) is 13.2 Å². The minimum Gasteiger partial charge on any atom is -0.493 e. The monoisotopic (exact) mass is 246 g/mol. The average Bonchev–Trinajstić information content (AvgIpc) is 2.78. The molecule has 0 unspecified atom stereocenters. The fourth-order valence-electron chi connectivity index (χ4n) is 1.74. The number of hydrogen-bond donors (Lipinski definition) is 2. The maximum Gasteiger partial charge on any atom is 0.262 e. The number of benzene rings is 1. The van der Waals surface area contributed by atoms with Crippen LogP contribution < -0.4 is 15.6 Å².